The van der Waals surface area contributed by atoms with E-state index in [2.05, 4.69) is 25.6 Å². The van der Waals surface area contributed by atoms with Gasteiger partial charge < -0.3 is 5.32 Å². The third-order valence-corrected chi connectivity index (χ3v) is 5.82. The lowest BCUT2D eigenvalue weighted by Crippen LogP contribution is -2.12. The lowest BCUT2D eigenvalue weighted by Gasteiger charge is -2.05. The first-order valence-electron chi connectivity index (χ1n) is 10.5. The zero-order chi connectivity index (χ0) is 22.9. The van der Waals surface area contributed by atoms with Crippen LogP contribution in [0.1, 0.15) is 28.7 Å². The van der Waals surface area contributed by atoms with Crippen LogP contribution in [0.15, 0.2) is 61.2 Å². The third kappa shape index (κ3) is 3.98. The van der Waals surface area contributed by atoms with Crippen molar-refractivity contribution >= 4 is 28.8 Å². The first kappa shape index (κ1) is 20.9. The molecule has 1 amide bonds. The number of hydrogen-bond donors (Lipinski definition) is 1. The highest BCUT2D eigenvalue weighted by molar-refractivity contribution is 6.31. The van der Waals surface area contributed by atoms with Gasteiger partial charge in [0.25, 0.3) is 5.91 Å². The summed E-state index contributed by atoms with van der Waals surface area (Å²) in [5.74, 6) is -0.343. The molecule has 0 atom stereocenters. The molecule has 166 valence electrons. The minimum absolute atomic E-state index is 0.259. The number of anilines is 1. The van der Waals surface area contributed by atoms with Gasteiger partial charge in [0.15, 0.2) is 11.3 Å². The second-order valence-electron chi connectivity index (χ2n) is 7.56. The van der Waals surface area contributed by atoms with Crippen molar-refractivity contribution < 1.29 is 4.79 Å². The van der Waals surface area contributed by atoms with Gasteiger partial charge >= 0.3 is 0 Å². The van der Waals surface area contributed by atoms with Gasteiger partial charge in [-0.3, -0.25) is 14.2 Å². The van der Waals surface area contributed by atoms with Crippen molar-refractivity contribution in [2.24, 2.45) is 0 Å². The number of amides is 1. The fourth-order valence-corrected chi connectivity index (χ4v) is 3.93. The summed E-state index contributed by atoms with van der Waals surface area (Å²) in [7, 11) is 0. The Balaban J connectivity index is 1.38. The Morgan fingerprint density at radius 3 is 2.79 bits per heavy atom. The van der Waals surface area contributed by atoms with E-state index in [-0.39, 0.29) is 11.6 Å². The molecule has 4 aromatic heterocycles. The van der Waals surface area contributed by atoms with E-state index in [1.165, 1.54) is 0 Å². The maximum absolute atomic E-state index is 12.9. The van der Waals surface area contributed by atoms with E-state index in [4.69, 9.17) is 11.6 Å². The zero-order valence-electron chi connectivity index (χ0n) is 18.1. The van der Waals surface area contributed by atoms with Gasteiger partial charge in [0.05, 0.1) is 30.3 Å². The van der Waals surface area contributed by atoms with Crippen LogP contribution in [0.5, 0.6) is 0 Å². The average Bonchev–Trinajstić information content (AvgIpc) is 3.53. The second kappa shape index (κ2) is 8.51. The maximum atomic E-state index is 12.9. The highest BCUT2D eigenvalue weighted by Gasteiger charge is 2.17. The summed E-state index contributed by atoms with van der Waals surface area (Å²) in [6, 6.07) is 11.1. The van der Waals surface area contributed by atoms with E-state index in [0.29, 0.717) is 22.9 Å². The van der Waals surface area contributed by atoms with Crippen LogP contribution >= 0.6 is 11.6 Å². The molecule has 10 heteroatoms. The highest BCUT2D eigenvalue weighted by Crippen LogP contribution is 2.24. The Morgan fingerprint density at radius 1 is 1.15 bits per heavy atom. The summed E-state index contributed by atoms with van der Waals surface area (Å²) in [4.78, 5) is 17.2. The fourth-order valence-electron chi connectivity index (χ4n) is 3.74. The minimum Gasteiger partial charge on any atom is -0.318 e. The van der Waals surface area contributed by atoms with Crippen molar-refractivity contribution in [3.8, 4) is 11.3 Å². The van der Waals surface area contributed by atoms with Crippen molar-refractivity contribution in [3.05, 3.63) is 83.2 Å². The Hall–Kier alpha value is -3.98. The molecule has 9 nitrogen and oxygen atoms in total. The molecule has 0 bridgehead atoms. The summed E-state index contributed by atoms with van der Waals surface area (Å²) in [6.45, 7) is 5.33. The molecule has 0 fully saturated rings. The molecule has 0 saturated heterocycles. The number of aromatic nitrogens is 7. The average molecular weight is 461 g/mol. The van der Waals surface area contributed by atoms with Crippen molar-refractivity contribution in [2.45, 2.75) is 26.9 Å². The molecule has 5 rings (SSSR count). The number of rotatable bonds is 6. The van der Waals surface area contributed by atoms with Crippen LogP contribution in [0.25, 0.3) is 16.9 Å². The normalized spacial score (nSPS) is 11.2. The van der Waals surface area contributed by atoms with Crippen LogP contribution in [0, 0.1) is 6.92 Å². The standard InChI is InChI=1S/C23H21ClN8O/c1-3-31-15(2)18(12-27-31)21-8-9-25-22-10-20(29-32(21)22)23(33)28-17-11-26-30(14-17)13-16-6-4-5-7-19(16)24/h4-12,14H,3,13H2,1-2H3,(H,28,33). The van der Waals surface area contributed by atoms with Crippen LogP contribution in [0.4, 0.5) is 5.69 Å². The van der Waals surface area contributed by atoms with Crippen molar-refractivity contribution in [3.63, 3.8) is 0 Å². The molecule has 1 N–H and O–H groups in total. The first-order valence-corrected chi connectivity index (χ1v) is 10.9. The van der Waals surface area contributed by atoms with Crippen molar-refractivity contribution in [1.29, 1.82) is 0 Å². The molecule has 1 aromatic carbocycles. The van der Waals surface area contributed by atoms with Crippen LogP contribution in [0.2, 0.25) is 5.02 Å². The molecule has 0 spiro atoms. The zero-order valence-corrected chi connectivity index (χ0v) is 18.9. The molecular formula is C23H21ClN8O. The summed E-state index contributed by atoms with van der Waals surface area (Å²) < 4.78 is 5.30. The van der Waals surface area contributed by atoms with Gasteiger partial charge in [0.1, 0.15) is 0 Å². The molecule has 0 aliphatic carbocycles. The number of aryl methyl sites for hydroxylation is 1. The fraction of sp³-hybridized carbons (Fsp3) is 0.174. The smallest absolute Gasteiger partial charge is 0.276 e. The van der Waals surface area contributed by atoms with Gasteiger partial charge in [-0.05, 0) is 31.5 Å². The van der Waals surface area contributed by atoms with Crippen LogP contribution in [-0.4, -0.2) is 40.1 Å². The topological polar surface area (TPSA) is 94.9 Å². The minimum atomic E-state index is -0.343. The molecule has 4 heterocycles. The lowest BCUT2D eigenvalue weighted by molar-refractivity contribution is 0.102. The summed E-state index contributed by atoms with van der Waals surface area (Å²) in [5.41, 5.74) is 5.14. The Labute approximate surface area is 194 Å². The predicted molar refractivity (Wildman–Crippen MR) is 125 cm³/mol. The van der Waals surface area contributed by atoms with E-state index in [1.807, 2.05) is 55.1 Å². The molecule has 0 aliphatic rings. The number of nitrogens with zero attached hydrogens (tertiary/aromatic N) is 7. The second-order valence-corrected chi connectivity index (χ2v) is 7.97. The number of halogens is 1. The van der Waals surface area contributed by atoms with Crippen LogP contribution < -0.4 is 5.32 Å². The molecule has 33 heavy (non-hydrogen) atoms. The largest absolute Gasteiger partial charge is 0.318 e. The van der Waals surface area contributed by atoms with Crippen LogP contribution in [-0.2, 0) is 13.1 Å². The number of carbonyl (C=O) groups is 1. The van der Waals surface area contributed by atoms with E-state index < -0.39 is 0 Å². The maximum Gasteiger partial charge on any atom is 0.276 e. The molecule has 0 aliphatic heterocycles. The number of carbonyl (C=O) groups excluding carboxylic acids is 1. The SMILES string of the molecule is CCn1ncc(-c2ccnc3cc(C(=O)Nc4cnn(Cc5ccccc5Cl)c4)nn23)c1C. The molecule has 0 radical (unpaired) electrons. The number of fused-ring (bicyclic) bond motifs is 1. The first-order chi connectivity index (χ1) is 16.0. The van der Waals surface area contributed by atoms with Crippen molar-refractivity contribution in [1.82, 2.24) is 34.2 Å². The van der Waals surface area contributed by atoms with E-state index >= 15 is 0 Å². The summed E-state index contributed by atoms with van der Waals surface area (Å²) >= 11 is 6.23. The third-order valence-electron chi connectivity index (χ3n) is 5.45. The predicted octanol–water partition coefficient (Wildman–Crippen LogP) is 4.07. The van der Waals surface area contributed by atoms with Gasteiger partial charge in [-0.2, -0.15) is 15.3 Å². The van der Waals surface area contributed by atoms with E-state index in [0.717, 1.165) is 29.1 Å². The Bertz CT molecular complexity index is 1460. The van der Waals surface area contributed by atoms with Gasteiger partial charge in [-0.1, -0.05) is 29.8 Å². The van der Waals surface area contributed by atoms with E-state index in [1.54, 1.807) is 33.9 Å². The highest BCUT2D eigenvalue weighted by atomic mass is 35.5. The summed E-state index contributed by atoms with van der Waals surface area (Å²) in [6.07, 6.45) is 6.86. The molecule has 0 saturated carbocycles. The van der Waals surface area contributed by atoms with E-state index in [9.17, 15) is 4.79 Å². The van der Waals surface area contributed by atoms with Crippen LogP contribution in [0.3, 0.4) is 0 Å². The van der Waals surface area contributed by atoms with Gasteiger partial charge in [0.2, 0.25) is 0 Å². The molecular weight excluding hydrogens is 440 g/mol. The number of benzene rings is 1. The lowest BCUT2D eigenvalue weighted by atomic mass is 10.2. The Morgan fingerprint density at radius 2 is 2.00 bits per heavy atom. The van der Waals surface area contributed by atoms with Gasteiger partial charge in [-0.25, -0.2) is 9.50 Å². The number of hydrogen-bond acceptors (Lipinski definition) is 5. The monoisotopic (exact) mass is 460 g/mol. The molecule has 0 unspecified atom stereocenters. The quantitative estimate of drug-likeness (QED) is 0.412. The number of nitrogens with one attached hydrogen (secondary N) is 1. The van der Waals surface area contributed by atoms with Gasteiger partial charge in [0, 0.05) is 41.3 Å². The molecule has 5 aromatic rings. The van der Waals surface area contributed by atoms with Crippen molar-refractivity contribution in [2.75, 3.05) is 5.32 Å². The summed E-state index contributed by atoms with van der Waals surface area (Å²) in [5, 5.41) is 16.8. The van der Waals surface area contributed by atoms with Gasteiger partial charge in [-0.15, -0.1) is 0 Å². The Kier molecular flexibility index (Phi) is 5.39.